The molecule has 0 amide bonds. The Morgan fingerprint density at radius 2 is 2.07 bits per heavy atom. The number of nitrogens with one attached hydrogen (secondary N) is 1. The second-order valence-corrected chi connectivity index (χ2v) is 7.21. The van der Waals surface area contributed by atoms with Crippen molar-refractivity contribution in [2.75, 3.05) is 25.4 Å². The molecule has 15 heavy (non-hydrogen) atoms. The molecule has 1 spiro atoms. The highest BCUT2D eigenvalue weighted by atomic mass is 32.2. The Morgan fingerprint density at radius 1 is 1.27 bits per heavy atom. The minimum atomic E-state index is 0.312. The van der Waals surface area contributed by atoms with Crippen molar-refractivity contribution >= 4 is 11.8 Å². The second kappa shape index (κ2) is 4.27. The van der Waals surface area contributed by atoms with Gasteiger partial charge in [0.1, 0.15) is 0 Å². The van der Waals surface area contributed by atoms with Gasteiger partial charge < -0.3 is 5.32 Å². The topological polar surface area (TPSA) is 15.3 Å². The lowest BCUT2D eigenvalue weighted by Crippen LogP contribution is -2.63. The first-order chi connectivity index (χ1) is 7.05. The monoisotopic (exact) mass is 228 g/mol. The van der Waals surface area contributed by atoms with E-state index in [9.17, 15) is 0 Å². The molecule has 1 N–H and O–H groups in total. The number of rotatable bonds is 0. The molecule has 2 rings (SSSR count). The number of hydrogen-bond donors (Lipinski definition) is 1. The Morgan fingerprint density at radius 3 is 2.67 bits per heavy atom. The molecule has 1 unspecified atom stereocenters. The highest BCUT2D eigenvalue weighted by Gasteiger charge is 2.44. The summed E-state index contributed by atoms with van der Waals surface area (Å²) in [5, 5.41) is 3.58. The Labute approximate surface area is 98.2 Å². The zero-order valence-corrected chi connectivity index (χ0v) is 11.1. The Hall–Kier alpha value is 0.270. The van der Waals surface area contributed by atoms with E-state index in [1.54, 1.807) is 0 Å². The summed E-state index contributed by atoms with van der Waals surface area (Å²) in [6.07, 6.45) is 4.05. The van der Waals surface area contributed by atoms with Gasteiger partial charge in [-0.15, -0.1) is 11.8 Å². The normalized spacial score (nSPS) is 34.6. The van der Waals surface area contributed by atoms with Gasteiger partial charge in [-0.1, -0.05) is 0 Å². The van der Waals surface area contributed by atoms with Gasteiger partial charge in [-0.05, 0) is 52.3 Å². The van der Waals surface area contributed by atoms with Gasteiger partial charge in [0.15, 0.2) is 0 Å². The van der Waals surface area contributed by atoms with E-state index in [1.807, 2.05) is 0 Å². The van der Waals surface area contributed by atoms with Gasteiger partial charge in [0.25, 0.3) is 0 Å². The summed E-state index contributed by atoms with van der Waals surface area (Å²) in [5.74, 6) is 1.34. The molecule has 0 aliphatic carbocycles. The van der Waals surface area contributed by atoms with Crippen LogP contribution in [0.4, 0.5) is 0 Å². The maximum Gasteiger partial charge on any atom is 0.0800 e. The molecule has 0 aromatic carbocycles. The van der Waals surface area contributed by atoms with E-state index in [-0.39, 0.29) is 0 Å². The molecule has 88 valence electrons. The molecule has 2 heterocycles. The summed E-state index contributed by atoms with van der Waals surface area (Å²) in [5.41, 5.74) is 0.312. The van der Waals surface area contributed by atoms with E-state index < -0.39 is 0 Å². The summed E-state index contributed by atoms with van der Waals surface area (Å²) in [6.45, 7) is 10.7. The molecule has 2 nitrogen and oxygen atoms in total. The molecule has 2 fully saturated rings. The molecule has 2 saturated heterocycles. The van der Waals surface area contributed by atoms with E-state index in [0.29, 0.717) is 10.4 Å². The predicted molar refractivity (Wildman–Crippen MR) is 68.4 cm³/mol. The zero-order valence-electron chi connectivity index (χ0n) is 10.3. The number of hydrogen-bond acceptors (Lipinski definition) is 3. The molecule has 0 radical (unpaired) electrons. The SMILES string of the molecule is CC(C)(C)N1CCCSC12CCCNC2. The Balaban J connectivity index is 2.17. The lowest BCUT2D eigenvalue weighted by atomic mass is 9.96. The van der Waals surface area contributed by atoms with E-state index >= 15 is 0 Å². The van der Waals surface area contributed by atoms with Crippen molar-refractivity contribution in [2.45, 2.75) is 50.4 Å². The van der Waals surface area contributed by atoms with E-state index in [2.05, 4.69) is 42.7 Å². The third-order valence-corrected chi connectivity index (χ3v) is 5.12. The largest absolute Gasteiger partial charge is 0.314 e. The van der Waals surface area contributed by atoms with Crippen molar-refractivity contribution in [1.29, 1.82) is 0 Å². The molecule has 2 aliphatic rings. The van der Waals surface area contributed by atoms with Gasteiger partial charge in [-0.2, -0.15) is 0 Å². The smallest absolute Gasteiger partial charge is 0.0800 e. The van der Waals surface area contributed by atoms with Crippen molar-refractivity contribution in [3.8, 4) is 0 Å². The van der Waals surface area contributed by atoms with Gasteiger partial charge in [0.2, 0.25) is 0 Å². The molecule has 0 aromatic rings. The fraction of sp³-hybridized carbons (Fsp3) is 1.00. The van der Waals surface area contributed by atoms with Gasteiger partial charge in [-0.25, -0.2) is 0 Å². The van der Waals surface area contributed by atoms with Crippen LogP contribution in [-0.2, 0) is 0 Å². The first-order valence-corrected chi connectivity index (χ1v) is 7.16. The molecule has 3 heteroatoms. The van der Waals surface area contributed by atoms with Gasteiger partial charge >= 0.3 is 0 Å². The van der Waals surface area contributed by atoms with Gasteiger partial charge in [-0.3, -0.25) is 4.90 Å². The standard InChI is InChI=1S/C12H24N2S/c1-11(2,3)14-8-5-9-15-12(14)6-4-7-13-10-12/h13H,4-10H2,1-3H3. The third kappa shape index (κ3) is 2.34. The van der Waals surface area contributed by atoms with Crippen LogP contribution in [-0.4, -0.2) is 40.7 Å². The summed E-state index contributed by atoms with van der Waals surface area (Å²) in [7, 11) is 0. The van der Waals surface area contributed by atoms with E-state index in [0.717, 1.165) is 0 Å². The summed E-state index contributed by atoms with van der Waals surface area (Å²) in [6, 6.07) is 0. The minimum Gasteiger partial charge on any atom is -0.314 e. The van der Waals surface area contributed by atoms with Crippen LogP contribution in [0.15, 0.2) is 0 Å². The van der Waals surface area contributed by atoms with Crippen LogP contribution in [0.2, 0.25) is 0 Å². The van der Waals surface area contributed by atoms with Crippen LogP contribution in [0.25, 0.3) is 0 Å². The second-order valence-electron chi connectivity index (χ2n) is 5.75. The number of thioether (sulfide) groups is 1. The average Bonchev–Trinajstić information content (AvgIpc) is 2.18. The lowest BCUT2D eigenvalue weighted by molar-refractivity contribution is 0.0411. The highest BCUT2D eigenvalue weighted by Crippen LogP contribution is 2.42. The van der Waals surface area contributed by atoms with Gasteiger partial charge in [0, 0.05) is 18.6 Å². The first-order valence-electron chi connectivity index (χ1n) is 6.17. The molecular formula is C12H24N2S. The van der Waals surface area contributed by atoms with Gasteiger partial charge in [0.05, 0.1) is 4.87 Å². The predicted octanol–water partition coefficient (Wildman–Crippen LogP) is 2.30. The third-order valence-electron chi connectivity index (χ3n) is 3.52. The quantitative estimate of drug-likeness (QED) is 0.685. The molecule has 0 saturated carbocycles. The first kappa shape index (κ1) is 11.7. The van der Waals surface area contributed by atoms with Crippen LogP contribution in [0.3, 0.4) is 0 Å². The van der Waals surface area contributed by atoms with Crippen LogP contribution >= 0.6 is 11.8 Å². The van der Waals surface area contributed by atoms with Crippen LogP contribution in [0, 0.1) is 0 Å². The molecule has 2 aliphatic heterocycles. The summed E-state index contributed by atoms with van der Waals surface area (Å²) in [4.78, 5) is 3.13. The Kier molecular flexibility index (Phi) is 3.34. The molecule has 0 bridgehead atoms. The fourth-order valence-corrected chi connectivity index (χ4v) is 4.60. The summed E-state index contributed by atoms with van der Waals surface area (Å²) >= 11 is 2.18. The van der Waals surface area contributed by atoms with Crippen molar-refractivity contribution in [2.24, 2.45) is 0 Å². The van der Waals surface area contributed by atoms with Crippen LogP contribution < -0.4 is 5.32 Å². The lowest BCUT2D eigenvalue weighted by Gasteiger charge is -2.54. The number of nitrogens with zero attached hydrogens (tertiary/aromatic N) is 1. The summed E-state index contributed by atoms with van der Waals surface area (Å²) < 4.78 is 0. The maximum absolute atomic E-state index is 3.58. The van der Waals surface area contributed by atoms with Crippen LogP contribution in [0.1, 0.15) is 40.0 Å². The van der Waals surface area contributed by atoms with Crippen molar-refractivity contribution in [1.82, 2.24) is 10.2 Å². The highest BCUT2D eigenvalue weighted by molar-refractivity contribution is 8.00. The van der Waals surface area contributed by atoms with Crippen molar-refractivity contribution in [3.63, 3.8) is 0 Å². The molecule has 0 aromatic heterocycles. The van der Waals surface area contributed by atoms with Crippen molar-refractivity contribution < 1.29 is 0 Å². The van der Waals surface area contributed by atoms with E-state index in [1.165, 1.54) is 44.6 Å². The van der Waals surface area contributed by atoms with Crippen LogP contribution in [0.5, 0.6) is 0 Å². The molecular weight excluding hydrogens is 204 g/mol. The molecule has 1 atom stereocenters. The fourth-order valence-electron chi connectivity index (χ4n) is 2.93. The average molecular weight is 228 g/mol. The van der Waals surface area contributed by atoms with E-state index in [4.69, 9.17) is 0 Å². The zero-order chi connectivity index (χ0) is 10.9. The number of piperidine rings is 1. The Bertz CT molecular complexity index is 208. The maximum atomic E-state index is 3.58. The van der Waals surface area contributed by atoms with Crippen molar-refractivity contribution in [3.05, 3.63) is 0 Å². The minimum absolute atomic E-state index is 0.312.